The highest BCUT2D eigenvalue weighted by Crippen LogP contribution is 2.25. The lowest BCUT2D eigenvalue weighted by molar-refractivity contribution is 0.375. The highest BCUT2D eigenvalue weighted by atomic mass is 32.2. The minimum atomic E-state index is -3.12. The molecule has 0 spiro atoms. The van der Waals surface area contributed by atoms with Crippen molar-refractivity contribution >= 4 is 9.84 Å². The van der Waals surface area contributed by atoms with E-state index in [9.17, 15) is 8.42 Å². The third-order valence-electron chi connectivity index (χ3n) is 2.61. The molecule has 0 unspecified atom stereocenters. The number of rotatable bonds is 4. The number of ether oxygens (including phenoxy) is 1. The number of hydrogen-bond donors (Lipinski definition) is 0. The summed E-state index contributed by atoms with van der Waals surface area (Å²) in [5.74, 6) is 0.173. The fraction of sp³-hybridized carbons (Fsp3) is 0.455. The van der Waals surface area contributed by atoms with Crippen LogP contribution in [0, 0.1) is 0 Å². The molecule has 1 fully saturated rings. The fourth-order valence-electron chi connectivity index (χ4n) is 1.55. The Morgan fingerprint density at radius 2 is 1.87 bits per heavy atom. The van der Waals surface area contributed by atoms with Gasteiger partial charge in [-0.2, -0.15) is 0 Å². The molecule has 2 rings (SSSR count). The van der Waals surface area contributed by atoms with Crippen LogP contribution < -0.4 is 0 Å². The first-order valence-electron chi connectivity index (χ1n) is 5.03. The Labute approximate surface area is 90.0 Å². The second kappa shape index (κ2) is 3.94. The van der Waals surface area contributed by atoms with Crippen molar-refractivity contribution in [3.05, 3.63) is 30.3 Å². The van der Waals surface area contributed by atoms with Crippen LogP contribution in [-0.4, -0.2) is 26.4 Å². The number of epoxide rings is 1. The van der Waals surface area contributed by atoms with E-state index in [1.807, 2.05) is 13.0 Å². The van der Waals surface area contributed by atoms with Gasteiger partial charge < -0.3 is 4.74 Å². The summed E-state index contributed by atoms with van der Waals surface area (Å²) in [5.41, 5.74) is 0. The van der Waals surface area contributed by atoms with Crippen LogP contribution in [0.15, 0.2) is 35.2 Å². The Kier molecular flexibility index (Phi) is 2.80. The molecule has 0 saturated carbocycles. The lowest BCUT2D eigenvalue weighted by atomic mass is 10.3. The van der Waals surface area contributed by atoms with E-state index in [4.69, 9.17) is 4.74 Å². The summed E-state index contributed by atoms with van der Waals surface area (Å²) in [6.07, 6.45) is 0.970. The molecule has 3 nitrogen and oxygen atoms in total. The summed E-state index contributed by atoms with van der Waals surface area (Å²) in [6.45, 7) is 1.96. The van der Waals surface area contributed by atoms with Gasteiger partial charge in [0.1, 0.15) is 0 Å². The average molecular weight is 226 g/mol. The normalized spacial score (nSPS) is 25.1. The molecule has 82 valence electrons. The maximum atomic E-state index is 11.8. The third kappa shape index (κ3) is 2.58. The Hall–Kier alpha value is -0.870. The molecule has 0 radical (unpaired) electrons. The van der Waals surface area contributed by atoms with Crippen LogP contribution in [-0.2, 0) is 14.6 Å². The van der Waals surface area contributed by atoms with Gasteiger partial charge in [0.2, 0.25) is 0 Å². The van der Waals surface area contributed by atoms with Gasteiger partial charge in [-0.25, -0.2) is 8.42 Å². The SMILES string of the molecule is C[C@H]1O[C@H]1CCS(=O)(=O)c1ccccc1. The van der Waals surface area contributed by atoms with E-state index in [0.717, 1.165) is 0 Å². The summed E-state index contributed by atoms with van der Waals surface area (Å²) in [5, 5.41) is 0. The second-order valence-electron chi connectivity index (χ2n) is 3.80. The summed E-state index contributed by atoms with van der Waals surface area (Å²) in [4.78, 5) is 0.401. The predicted molar refractivity (Wildman–Crippen MR) is 57.4 cm³/mol. The van der Waals surface area contributed by atoms with Crippen molar-refractivity contribution in [3.8, 4) is 0 Å². The molecule has 0 bridgehead atoms. The first kappa shape index (κ1) is 10.6. The molecule has 0 N–H and O–H groups in total. The Morgan fingerprint density at radius 1 is 1.27 bits per heavy atom. The van der Waals surface area contributed by atoms with E-state index in [1.54, 1.807) is 24.3 Å². The smallest absolute Gasteiger partial charge is 0.178 e. The number of sulfone groups is 1. The van der Waals surface area contributed by atoms with Crippen LogP contribution in [0.5, 0.6) is 0 Å². The van der Waals surface area contributed by atoms with E-state index >= 15 is 0 Å². The Bertz CT molecular complexity index is 424. The lowest BCUT2D eigenvalue weighted by Crippen LogP contribution is -2.09. The van der Waals surface area contributed by atoms with Crippen molar-refractivity contribution in [1.29, 1.82) is 0 Å². The minimum absolute atomic E-state index is 0.142. The van der Waals surface area contributed by atoms with Gasteiger partial charge in [0.05, 0.1) is 22.9 Å². The van der Waals surface area contributed by atoms with E-state index < -0.39 is 9.84 Å². The largest absolute Gasteiger partial charge is 0.370 e. The van der Waals surface area contributed by atoms with Gasteiger partial charge in [-0.05, 0) is 25.5 Å². The zero-order valence-corrected chi connectivity index (χ0v) is 9.41. The summed E-state index contributed by atoms with van der Waals surface area (Å²) in [7, 11) is -3.12. The maximum absolute atomic E-state index is 11.8. The number of hydrogen-bond acceptors (Lipinski definition) is 3. The molecule has 4 heteroatoms. The maximum Gasteiger partial charge on any atom is 0.178 e. The summed E-state index contributed by atoms with van der Waals surface area (Å²) >= 11 is 0. The Morgan fingerprint density at radius 3 is 2.40 bits per heavy atom. The van der Waals surface area contributed by atoms with Crippen LogP contribution in [0.3, 0.4) is 0 Å². The summed E-state index contributed by atoms with van der Waals surface area (Å²) < 4.78 is 28.8. The van der Waals surface area contributed by atoms with E-state index in [1.165, 1.54) is 0 Å². The molecule has 2 atom stereocenters. The highest BCUT2D eigenvalue weighted by Gasteiger charge is 2.34. The van der Waals surface area contributed by atoms with Crippen molar-refractivity contribution in [1.82, 2.24) is 0 Å². The zero-order chi connectivity index (χ0) is 10.9. The van der Waals surface area contributed by atoms with Gasteiger partial charge in [0, 0.05) is 0 Å². The van der Waals surface area contributed by atoms with Gasteiger partial charge in [-0.1, -0.05) is 18.2 Å². The molecule has 0 aromatic heterocycles. The molecular formula is C11H14O3S. The molecule has 15 heavy (non-hydrogen) atoms. The molecule has 1 aromatic rings. The van der Waals surface area contributed by atoms with E-state index in [0.29, 0.717) is 11.3 Å². The Balaban J connectivity index is 2.01. The monoisotopic (exact) mass is 226 g/mol. The standard InChI is InChI=1S/C11H14O3S/c1-9-11(14-9)7-8-15(12,13)10-5-3-2-4-6-10/h2-6,9,11H,7-8H2,1H3/t9-,11+/m1/s1. The van der Waals surface area contributed by atoms with Gasteiger partial charge in [0.25, 0.3) is 0 Å². The van der Waals surface area contributed by atoms with Crippen molar-refractivity contribution in [2.24, 2.45) is 0 Å². The van der Waals surface area contributed by atoms with E-state index in [2.05, 4.69) is 0 Å². The average Bonchev–Trinajstić information content (AvgIpc) is 2.93. The molecular weight excluding hydrogens is 212 g/mol. The van der Waals surface area contributed by atoms with Crippen molar-refractivity contribution in [3.63, 3.8) is 0 Å². The molecule has 1 aromatic carbocycles. The first-order valence-corrected chi connectivity index (χ1v) is 6.68. The minimum Gasteiger partial charge on any atom is -0.370 e. The van der Waals surface area contributed by atoms with Gasteiger partial charge >= 0.3 is 0 Å². The van der Waals surface area contributed by atoms with Gasteiger partial charge in [-0.15, -0.1) is 0 Å². The molecule has 1 aliphatic rings. The zero-order valence-electron chi connectivity index (χ0n) is 8.59. The second-order valence-corrected chi connectivity index (χ2v) is 5.91. The third-order valence-corrected chi connectivity index (χ3v) is 4.37. The number of benzene rings is 1. The van der Waals surface area contributed by atoms with Crippen LogP contribution in [0.1, 0.15) is 13.3 Å². The molecule has 0 aliphatic carbocycles. The van der Waals surface area contributed by atoms with E-state index in [-0.39, 0.29) is 18.0 Å². The molecule has 1 saturated heterocycles. The van der Waals surface area contributed by atoms with Gasteiger partial charge in [-0.3, -0.25) is 0 Å². The molecule has 1 aliphatic heterocycles. The van der Waals surface area contributed by atoms with Crippen LogP contribution >= 0.6 is 0 Å². The van der Waals surface area contributed by atoms with Crippen LogP contribution in [0.2, 0.25) is 0 Å². The molecule has 1 heterocycles. The van der Waals surface area contributed by atoms with Crippen molar-refractivity contribution in [2.45, 2.75) is 30.4 Å². The molecule has 0 amide bonds. The van der Waals surface area contributed by atoms with Crippen LogP contribution in [0.4, 0.5) is 0 Å². The van der Waals surface area contributed by atoms with Crippen molar-refractivity contribution in [2.75, 3.05) is 5.75 Å². The quantitative estimate of drug-likeness (QED) is 0.733. The summed E-state index contributed by atoms with van der Waals surface area (Å²) in [6, 6.07) is 8.55. The van der Waals surface area contributed by atoms with Crippen LogP contribution in [0.25, 0.3) is 0 Å². The first-order chi connectivity index (χ1) is 7.09. The van der Waals surface area contributed by atoms with Gasteiger partial charge in [0.15, 0.2) is 9.84 Å². The fourth-order valence-corrected chi connectivity index (χ4v) is 2.90. The van der Waals surface area contributed by atoms with Crippen molar-refractivity contribution < 1.29 is 13.2 Å². The predicted octanol–water partition coefficient (Wildman–Crippen LogP) is 1.64. The lowest BCUT2D eigenvalue weighted by Gasteiger charge is -2.02. The highest BCUT2D eigenvalue weighted by molar-refractivity contribution is 7.91. The topological polar surface area (TPSA) is 46.7 Å².